The summed E-state index contributed by atoms with van der Waals surface area (Å²) in [6, 6.07) is 73.9. The molecule has 11 aromatic rings. The first-order valence-electron chi connectivity index (χ1n) is 24.7. The summed E-state index contributed by atoms with van der Waals surface area (Å²) in [6.07, 6.45) is 0.837. The number of hydrogen-bond acceptors (Lipinski definition) is 3. The molecule has 1 aliphatic rings. The fraction of sp³-hybridized carbons (Fsp3) is 0.109. The van der Waals surface area contributed by atoms with Crippen LogP contribution in [0.4, 0.5) is 11.4 Å². The average Bonchev–Trinajstić information content (AvgIpc) is 4.27. The second-order valence-electron chi connectivity index (χ2n) is 19.0. The number of nitrogens with one attached hydrogen (secondary N) is 4. The Morgan fingerprint density at radius 2 is 0.750 bits per heavy atom. The molecule has 72 heavy (non-hydrogen) atoms. The van der Waals surface area contributed by atoms with Gasteiger partial charge in [0.15, 0.2) is 6.54 Å². The molecule has 5 aromatic heterocycles. The minimum Gasteiger partial charge on any atom is -0.493 e. The molecule has 0 unspecified atom stereocenters. The number of fused-ring (bicyclic) bond motifs is 10. The number of H-pyrrole nitrogens is 4. The Morgan fingerprint density at radius 3 is 1.12 bits per heavy atom. The topological polar surface area (TPSA) is 82.8 Å². The van der Waals surface area contributed by atoms with Gasteiger partial charge in [0.1, 0.15) is 5.75 Å². The molecule has 6 heterocycles. The number of aromatic nitrogens is 5. The van der Waals surface area contributed by atoms with Crippen molar-refractivity contribution in [1.29, 1.82) is 0 Å². The van der Waals surface area contributed by atoms with E-state index in [1.807, 2.05) is 0 Å². The van der Waals surface area contributed by atoms with Gasteiger partial charge in [0.25, 0.3) is 0 Å². The first kappa shape index (κ1) is 44.2. The minimum atomic E-state index is 0.573. The van der Waals surface area contributed by atoms with Crippen LogP contribution >= 0.6 is 0 Å². The van der Waals surface area contributed by atoms with Crippen LogP contribution in [0.3, 0.4) is 0 Å². The van der Waals surface area contributed by atoms with Gasteiger partial charge in [-0.15, -0.1) is 0 Å². The van der Waals surface area contributed by atoms with Crippen LogP contribution in [0, 0.1) is 0 Å². The Labute approximate surface area is 418 Å². The molecule has 0 amide bonds. The molecule has 12 rings (SSSR count). The lowest BCUT2D eigenvalue weighted by atomic mass is 10.0. The van der Waals surface area contributed by atoms with Crippen LogP contribution in [0.25, 0.3) is 44.1 Å². The van der Waals surface area contributed by atoms with E-state index in [0.29, 0.717) is 6.61 Å². The largest absolute Gasteiger partial charge is 0.493 e. The predicted molar refractivity (Wildman–Crippen MR) is 294 cm³/mol. The molecular weight excluding hydrogens is 883 g/mol. The predicted octanol–water partition coefficient (Wildman–Crippen LogP) is 9.50. The van der Waals surface area contributed by atoms with Gasteiger partial charge in [-0.25, -0.2) is 0 Å². The van der Waals surface area contributed by atoms with Crippen molar-refractivity contribution in [3.63, 3.8) is 0 Å². The minimum absolute atomic E-state index is 0.573. The first-order chi connectivity index (χ1) is 35.3. The van der Waals surface area contributed by atoms with E-state index in [2.05, 4.69) is 269 Å². The number of ether oxygens (including phenoxy) is 1. The summed E-state index contributed by atoms with van der Waals surface area (Å²) in [5.74, 6) is 0.834. The molecule has 8 nitrogen and oxygen atoms in total. The summed E-state index contributed by atoms with van der Waals surface area (Å²) in [6.45, 7) is 1.38. The zero-order valence-corrected chi connectivity index (χ0v) is 41.0. The maximum absolute atomic E-state index is 6.55. The second kappa shape index (κ2) is 18.7. The van der Waals surface area contributed by atoms with Gasteiger partial charge >= 0.3 is 0 Å². The number of rotatable bonds is 11. The van der Waals surface area contributed by atoms with Crippen LogP contribution in [0.15, 0.2) is 206 Å². The molecule has 0 radical (unpaired) electrons. The highest BCUT2D eigenvalue weighted by molar-refractivity contribution is 5.92. The van der Waals surface area contributed by atoms with Crippen molar-refractivity contribution in [3.05, 3.63) is 273 Å². The van der Waals surface area contributed by atoms with Gasteiger partial charge in [-0.2, -0.15) is 4.57 Å². The van der Waals surface area contributed by atoms with Crippen molar-refractivity contribution in [1.82, 2.24) is 19.9 Å². The summed E-state index contributed by atoms with van der Waals surface area (Å²) < 4.78 is 9.02. The Kier molecular flexibility index (Phi) is 11.5. The van der Waals surface area contributed by atoms with Gasteiger partial charge in [0, 0.05) is 135 Å². The maximum Gasteiger partial charge on any atom is 0.215 e. The molecule has 0 atom stereocenters. The highest BCUT2D eigenvalue weighted by Crippen LogP contribution is 2.30. The van der Waals surface area contributed by atoms with Gasteiger partial charge in [-0.3, -0.25) is 0 Å². The van der Waals surface area contributed by atoms with E-state index in [9.17, 15) is 0 Å². The summed E-state index contributed by atoms with van der Waals surface area (Å²) in [7, 11) is 8.39. The van der Waals surface area contributed by atoms with E-state index < -0.39 is 0 Å². The molecule has 0 fully saturated rings. The van der Waals surface area contributed by atoms with Crippen LogP contribution in [0.2, 0.25) is 0 Å². The highest BCUT2D eigenvalue weighted by atomic mass is 16.5. The number of aromatic amines is 4. The molecule has 6 aromatic carbocycles. The third-order valence-electron chi connectivity index (χ3n) is 14.0. The number of nitrogens with zero attached hydrogens (tertiary/aromatic N) is 3. The van der Waals surface area contributed by atoms with Crippen LogP contribution in [0.5, 0.6) is 5.75 Å². The van der Waals surface area contributed by atoms with Gasteiger partial charge in [0.05, 0.1) is 6.61 Å². The lowest BCUT2D eigenvalue weighted by Gasteiger charge is -2.15. The Balaban J connectivity index is 0.950. The number of anilines is 2. The summed E-state index contributed by atoms with van der Waals surface area (Å²) in [5.41, 5.74) is 17.5. The monoisotopic (exact) mass is 938 g/mol. The molecule has 8 bridgehead atoms. The third kappa shape index (κ3) is 8.36. The number of hydrogen-bond donors (Lipinski definition) is 4. The third-order valence-corrected chi connectivity index (χ3v) is 14.0. The van der Waals surface area contributed by atoms with Crippen LogP contribution in [-0.2, 0) is 6.54 Å². The summed E-state index contributed by atoms with van der Waals surface area (Å²) in [4.78, 5) is 20.0. The SMILES string of the molecule is CN(C)c1ccc2cc3ccc(N(C)C)cc3[n+](CCCOc3ccc(C4=c5ccc([nH]5)=C(c5ccccc5)c5ccc([nH]5)C(c5ccccc5)=c5ccc([nH]5)=C(c5ccccc5)c5ccc4[nH]5)cc3)c2c1. The van der Waals surface area contributed by atoms with Gasteiger partial charge in [-0.1, -0.05) is 103 Å². The number of benzene rings is 6. The highest BCUT2D eigenvalue weighted by Gasteiger charge is 2.20. The number of pyridine rings is 1. The van der Waals surface area contributed by atoms with Crippen LogP contribution in [0.1, 0.15) is 51.5 Å². The fourth-order valence-electron chi connectivity index (χ4n) is 10.4. The van der Waals surface area contributed by atoms with Crippen molar-refractivity contribution >= 4 is 55.5 Å². The van der Waals surface area contributed by atoms with E-state index in [1.54, 1.807) is 0 Å². The second-order valence-corrected chi connectivity index (χ2v) is 19.0. The van der Waals surface area contributed by atoms with Gasteiger partial charge in [-0.05, 0) is 113 Å². The molecule has 0 saturated carbocycles. The van der Waals surface area contributed by atoms with Crippen LogP contribution in [-0.4, -0.2) is 54.7 Å². The zero-order chi connectivity index (χ0) is 48.7. The smallest absolute Gasteiger partial charge is 0.215 e. The molecule has 0 aliphatic carbocycles. The van der Waals surface area contributed by atoms with Crippen molar-refractivity contribution < 1.29 is 9.30 Å². The zero-order valence-electron chi connectivity index (χ0n) is 41.0. The molecule has 1 aliphatic heterocycles. The van der Waals surface area contributed by atoms with Crippen molar-refractivity contribution in [3.8, 4) is 5.75 Å². The first-order valence-corrected chi connectivity index (χ1v) is 24.7. The molecular formula is C64H56N7O+. The Morgan fingerprint density at radius 1 is 0.375 bits per heavy atom. The van der Waals surface area contributed by atoms with Crippen LogP contribution < -0.4 is 40.5 Å². The molecule has 0 saturated heterocycles. The molecule has 352 valence electrons. The maximum atomic E-state index is 6.55. The lowest BCUT2D eigenvalue weighted by Crippen LogP contribution is -2.36. The van der Waals surface area contributed by atoms with Crippen molar-refractivity contribution in [2.24, 2.45) is 0 Å². The Bertz CT molecular complexity index is 3960. The van der Waals surface area contributed by atoms with Gasteiger partial charge in [0.2, 0.25) is 11.0 Å². The standard InChI is InChI=1S/C64H56N7O/c1-69(2)48-25-21-46-39-47-22-26-49(70(3)4)41-60(47)71(59(46)40-48)37-14-38-72-50-27-23-45(24-28-50)64-57-35-33-55(67-57)62(43-17-10-6-11-18-43)53-31-29-51(65-53)61(42-15-8-5-9-16-42)52-30-32-54(66-52)63(44-19-12-7-13-20-44)56-34-36-58(64)68-56/h5-13,15-36,39-41,65-68H,14,37-38H2,1-4H3/q+1. The fourth-order valence-corrected chi connectivity index (χ4v) is 10.4. The van der Waals surface area contributed by atoms with E-state index >= 15 is 0 Å². The van der Waals surface area contributed by atoms with Crippen molar-refractivity contribution in [2.45, 2.75) is 13.0 Å². The van der Waals surface area contributed by atoms with E-state index in [4.69, 9.17) is 4.74 Å². The lowest BCUT2D eigenvalue weighted by molar-refractivity contribution is -0.645. The summed E-state index contributed by atoms with van der Waals surface area (Å²) in [5, 5.41) is 6.49. The molecule has 0 spiro atoms. The van der Waals surface area contributed by atoms with E-state index in [1.165, 1.54) is 33.2 Å². The number of aryl methyl sites for hydroxylation is 1. The molecule has 4 N–H and O–H groups in total. The van der Waals surface area contributed by atoms with Gasteiger partial charge < -0.3 is 34.5 Å². The normalized spacial score (nSPS) is 12.5. The molecule has 8 heteroatoms. The average molecular weight is 939 g/mol. The van der Waals surface area contributed by atoms with Crippen molar-refractivity contribution in [2.75, 3.05) is 44.6 Å². The quantitative estimate of drug-likeness (QED) is 0.0593. The summed E-state index contributed by atoms with van der Waals surface area (Å²) >= 11 is 0. The van der Waals surface area contributed by atoms with E-state index in [-0.39, 0.29) is 0 Å². The van der Waals surface area contributed by atoms with E-state index in [0.717, 1.165) is 107 Å². The Hall–Kier alpha value is -9.01.